The third kappa shape index (κ3) is 6.16. The molecule has 1 fully saturated rings. The number of hydrogen-bond donors (Lipinski definition) is 3. The van der Waals surface area contributed by atoms with Gasteiger partial charge in [-0.15, -0.1) is 11.8 Å². The van der Waals surface area contributed by atoms with E-state index in [-0.39, 0.29) is 29.4 Å². The van der Waals surface area contributed by atoms with Gasteiger partial charge in [-0.25, -0.2) is 0 Å². The Morgan fingerprint density at radius 1 is 1.28 bits per heavy atom. The van der Waals surface area contributed by atoms with Crippen LogP contribution in [0.2, 0.25) is 0 Å². The molecule has 4 heteroatoms. The number of ether oxygens (including phenoxy) is 1. The molecule has 0 amide bonds. The number of fused-ring (bicyclic) bond motifs is 3. The van der Waals surface area contributed by atoms with Crippen LogP contribution in [-0.4, -0.2) is 40.6 Å². The number of hydrogen-bond acceptors (Lipinski definition) is 4. The Morgan fingerprint density at radius 2 is 2.06 bits per heavy atom. The molecule has 3 rings (SSSR count). The maximum absolute atomic E-state index is 10.7. The van der Waals surface area contributed by atoms with Gasteiger partial charge < -0.3 is 20.3 Å². The lowest BCUT2D eigenvalue weighted by atomic mass is 9.86. The number of aliphatic hydroxyl groups excluding tert-OH is 2. The summed E-state index contributed by atoms with van der Waals surface area (Å²) in [5.41, 5.74) is 2.65. The number of nitrogens with one attached hydrogen (secondary N) is 1. The first-order valence-corrected chi connectivity index (χ1v) is 12.2. The molecule has 4 nitrogen and oxygen atoms in total. The third-order valence-corrected chi connectivity index (χ3v) is 6.73. The fraction of sp³-hybridized carbons (Fsp3) is 0.643. The first kappa shape index (κ1) is 24.8. The first-order chi connectivity index (χ1) is 15.2. The molecule has 32 heavy (non-hydrogen) atoms. The van der Waals surface area contributed by atoms with Gasteiger partial charge in [0.2, 0.25) is 0 Å². The highest BCUT2D eigenvalue weighted by atomic mass is 16.5. The fourth-order valence-electron chi connectivity index (χ4n) is 4.88. The van der Waals surface area contributed by atoms with Gasteiger partial charge in [0, 0.05) is 35.8 Å². The molecule has 1 aromatic carbocycles. The van der Waals surface area contributed by atoms with E-state index in [9.17, 15) is 10.2 Å². The van der Waals surface area contributed by atoms with Crippen molar-refractivity contribution in [2.75, 3.05) is 6.54 Å². The van der Waals surface area contributed by atoms with Crippen LogP contribution in [-0.2, 0) is 6.42 Å². The zero-order valence-corrected chi connectivity index (χ0v) is 20.4. The molecule has 0 aromatic heterocycles. The number of para-hydroxylation sites is 1. The maximum atomic E-state index is 10.7. The Hall–Kier alpha value is -1.80. The van der Waals surface area contributed by atoms with E-state index in [2.05, 4.69) is 56.1 Å². The van der Waals surface area contributed by atoms with Gasteiger partial charge in [-0.05, 0) is 65.0 Å². The van der Waals surface area contributed by atoms with Crippen molar-refractivity contribution < 1.29 is 14.9 Å². The highest BCUT2D eigenvalue weighted by molar-refractivity contribution is 5.49. The molecule has 176 valence electrons. The van der Waals surface area contributed by atoms with E-state index >= 15 is 0 Å². The van der Waals surface area contributed by atoms with Crippen molar-refractivity contribution in [1.82, 2.24) is 5.32 Å². The number of rotatable bonds is 9. The Morgan fingerprint density at radius 3 is 2.78 bits per heavy atom. The normalized spacial score (nSPS) is 26.2. The largest absolute Gasteiger partial charge is 0.489 e. The quantitative estimate of drug-likeness (QED) is 0.299. The van der Waals surface area contributed by atoms with Crippen LogP contribution < -0.4 is 10.1 Å². The topological polar surface area (TPSA) is 61.7 Å². The van der Waals surface area contributed by atoms with Crippen LogP contribution in [0.15, 0.2) is 30.4 Å². The zero-order chi connectivity index (χ0) is 23.3. The van der Waals surface area contributed by atoms with E-state index in [0.717, 1.165) is 31.6 Å². The number of aliphatic hydroxyl groups is 2. The van der Waals surface area contributed by atoms with Crippen molar-refractivity contribution in [3.05, 3.63) is 41.5 Å². The van der Waals surface area contributed by atoms with E-state index in [4.69, 9.17) is 4.74 Å². The van der Waals surface area contributed by atoms with Gasteiger partial charge in [0.1, 0.15) is 11.9 Å². The van der Waals surface area contributed by atoms with E-state index in [1.54, 1.807) is 0 Å². The predicted molar refractivity (Wildman–Crippen MR) is 131 cm³/mol. The average Bonchev–Trinajstić information content (AvgIpc) is 3.24. The summed E-state index contributed by atoms with van der Waals surface area (Å²) < 4.78 is 6.39. The summed E-state index contributed by atoms with van der Waals surface area (Å²) in [6.45, 7) is 11.4. The second-order valence-electron chi connectivity index (χ2n) is 10.5. The molecule has 0 saturated heterocycles. The van der Waals surface area contributed by atoms with Gasteiger partial charge >= 0.3 is 0 Å². The SMILES string of the molecule is CC#CC[C@H](C)[C@H](O)C=C[C@@H]1[C@H]2c3cccc(CCCCNC(C)(C)C)c3O[C@H]2C[C@H]1O. The average molecular weight is 440 g/mol. The lowest BCUT2D eigenvalue weighted by molar-refractivity contribution is 0.134. The molecular weight excluding hydrogens is 398 g/mol. The summed E-state index contributed by atoms with van der Waals surface area (Å²) in [5, 5.41) is 24.7. The zero-order valence-electron chi connectivity index (χ0n) is 20.4. The molecule has 1 heterocycles. The summed E-state index contributed by atoms with van der Waals surface area (Å²) in [6.07, 6.45) is 7.44. The fourth-order valence-corrected chi connectivity index (χ4v) is 4.88. The Balaban J connectivity index is 1.65. The van der Waals surface area contributed by atoms with Crippen molar-refractivity contribution in [3.63, 3.8) is 0 Å². The van der Waals surface area contributed by atoms with E-state index < -0.39 is 12.2 Å². The van der Waals surface area contributed by atoms with Crippen molar-refractivity contribution in [2.45, 2.75) is 96.5 Å². The van der Waals surface area contributed by atoms with Crippen LogP contribution in [0.3, 0.4) is 0 Å². The Labute approximate surface area is 194 Å². The molecule has 0 bridgehead atoms. The molecule has 1 saturated carbocycles. The smallest absolute Gasteiger partial charge is 0.126 e. The van der Waals surface area contributed by atoms with Crippen molar-refractivity contribution >= 4 is 0 Å². The Bertz CT molecular complexity index is 844. The lowest BCUT2D eigenvalue weighted by Gasteiger charge is -2.20. The molecule has 0 spiro atoms. The predicted octanol–water partition coefficient (Wildman–Crippen LogP) is 4.59. The van der Waals surface area contributed by atoms with Crippen molar-refractivity contribution in [1.29, 1.82) is 0 Å². The third-order valence-electron chi connectivity index (χ3n) is 6.73. The lowest BCUT2D eigenvalue weighted by Crippen LogP contribution is -2.36. The Kier molecular flexibility index (Phi) is 8.44. The first-order valence-electron chi connectivity index (χ1n) is 12.2. The molecule has 1 aliphatic carbocycles. The van der Waals surface area contributed by atoms with Gasteiger partial charge in [-0.2, -0.15) is 0 Å². The molecular formula is C28H41NO3. The standard InChI is InChI=1S/C28H41NO3/c1-6-7-11-19(2)23(30)16-15-21-24(31)18-25-26(21)22-14-10-13-20(27(22)32-25)12-8-9-17-29-28(3,4)5/h10,13-16,19,21,23-26,29-31H,8-9,11-12,17-18H2,1-5H3/t19-,21-,23+,24+,25-,26-/m0/s1. The summed E-state index contributed by atoms with van der Waals surface area (Å²) in [4.78, 5) is 0. The van der Waals surface area contributed by atoms with Crippen LogP contribution >= 0.6 is 0 Å². The van der Waals surface area contributed by atoms with Crippen LogP contribution in [0, 0.1) is 23.7 Å². The molecule has 0 radical (unpaired) electrons. The van der Waals surface area contributed by atoms with Crippen LogP contribution in [0.5, 0.6) is 5.75 Å². The maximum Gasteiger partial charge on any atom is 0.126 e. The summed E-state index contributed by atoms with van der Waals surface area (Å²) >= 11 is 0. The highest BCUT2D eigenvalue weighted by Crippen LogP contribution is 2.52. The van der Waals surface area contributed by atoms with Gasteiger partial charge in [-0.3, -0.25) is 0 Å². The molecule has 1 aromatic rings. The highest BCUT2D eigenvalue weighted by Gasteiger charge is 2.48. The number of unbranched alkanes of at least 4 members (excludes halogenated alkanes) is 1. The van der Waals surface area contributed by atoms with Crippen molar-refractivity contribution in [3.8, 4) is 17.6 Å². The van der Waals surface area contributed by atoms with Crippen LogP contribution in [0.1, 0.15) is 77.3 Å². The second kappa shape index (κ2) is 10.9. The summed E-state index contributed by atoms with van der Waals surface area (Å²) in [5.74, 6) is 7.14. The second-order valence-corrected chi connectivity index (χ2v) is 10.5. The van der Waals surface area contributed by atoms with Gasteiger partial charge in [0.25, 0.3) is 0 Å². The minimum atomic E-state index is -0.558. The minimum Gasteiger partial charge on any atom is -0.489 e. The van der Waals surface area contributed by atoms with Gasteiger partial charge in [-0.1, -0.05) is 37.3 Å². The van der Waals surface area contributed by atoms with Crippen LogP contribution in [0.25, 0.3) is 0 Å². The number of benzene rings is 1. The van der Waals surface area contributed by atoms with Gasteiger partial charge in [0.15, 0.2) is 0 Å². The van der Waals surface area contributed by atoms with Gasteiger partial charge in [0.05, 0.1) is 12.2 Å². The molecule has 2 aliphatic rings. The van der Waals surface area contributed by atoms with Crippen molar-refractivity contribution in [2.24, 2.45) is 11.8 Å². The monoisotopic (exact) mass is 439 g/mol. The van der Waals surface area contributed by atoms with E-state index in [1.165, 1.54) is 11.1 Å². The van der Waals surface area contributed by atoms with Crippen LogP contribution in [0.4, 0.5) is 0 Å². The molecule has 1 aliphatic heterocycles. The molecule has 0 unspecified atom stereocenters. The molecule has 6 atom stereocenters. The molecule has 3 N–H and O–H groups in total. The number of aryl methyl sites for hydroxylation is 1. The van der Waals surface area contributed by atoms with E-state index in [1.807, 2.05) is 26.0 Å². The summed E-state index contributed by atoms with van der Waals surface area (Å²) in [6, 6.07) is 6.46. The summed E-state index contributed by atoms with van der Waals surface area (Å²) in [7, 11) is 0. The minimum absolute atomic E-state index is 0.0129. The van der Waals surface area contributed by atoms with E-state index in [0.29, 0.717) is 12.8 Å².